The van der Waals surface area contributed by atoms with Gasteiger partial charge in [0.25, 0.3) is 0 Å². The number of carbonyl (C=O) groups is 2. The zero-order chi connectivity index (χ0) is 15.3. The minimum absolute atomic E-state index is 0.188. The first-order valence-electron chi connectivity index (χ1n) is 6.63. The molecule has 2 rings (SSSR count). The summed E-state index contributed by atoms with van der Waals surface area (Å²) < 4.78 is 8.68. The predicted molar refractivity (Wildman–Crippen MR) is 79.9 cm³/mol. The van der Waals surface area contributed by atoms with Gasteiger partial charge in [0.2, 0.25) is 4.75 Å². The largest absolute Gasteiger partial charge is 0.464 e. The van der Waals surface area contributed by atoms with E-state index in [2.05, 4.69) is 12.3 Å². The first-order chi connectivity index (χ1) is 10.1. The molecule has 5 heteroatoms. The van der Waals surface area contributed by atoms with Crippen LogP contribution in [0.4, 0.5) is 0 Å². The van der Waals surface area contributed by atoms with Crippen molar-refractivity contribution >= 4 is 23.7 Å². The maximum Gasteiger partial charge on any atom is 0.339 e. The van der Waals surface area contributed by atoms with E-state index in [1.54, 1.807) is 6.92 Å². The molecular weight excluding hydrogens is 288 g/mol. The van der Waals surface area contributed by atoms with Gasteiger partial charge in [0.1, 0.15) is 0 Å². The molecule has 0 aliphatic carbocycles. The third-order valence-electron chi connectivity index (χ3n) is 3.09. The lowest BCUT2D eigenvalue weighted by molar-refractivity contribution is -0.159. The van der Waals surface area contributed by atoms with Gasteiger partial charge in [-0.3, -0.25) is 0 Å². The van der Waals surface area contributed by atoms with E-state index in [0.29, 0.717) is 12.0 Å². The Kier molecular flexibility index (Phi) is 4.89. The van der Waals surface area contributed by atoms with Crippen molar-refractivity contribution in [2.75, 3.05) is 13.2 Å². The summed E-state index contributed by atoms with van der Waals surface area (Å²) in [5.74, 6) is -1.25. The highest BCUT2D eigenvalue weighted by atomic mass is 32.2. The number of cyclic esters (lactones) is 1. The van der Waals surface area contributed by atoms with Crippen molar-refractivity contribution in [3.63, 3.8) is 0 Å². The molecule has 1 aromatic rings. The number of thioether (sulfide) groups is 1. The normalized spacial score (nSPS) is 21.4. The Morgan fingerprint density at radius 2 is 2.19 bits per heavy atom. The Hall–Kier alpha value is -1.97. The van der Waals surface area contributed by atoms with Crippen molar-refractivity contribution in [1.29, 1.82) is 0 Å². The van der Waals surface area contributed by atoms with Gasteiger partial charge in [0.15, 0.2) is 0 Å². The number of hydrogen-bond acceptors (Lipinski definition) is 5. The number of esters is 2. The molecule has 0 N–H and O–H groups in total. The molecule has 1 aliphatic rings. The van der Waals surface area contributed by atoms with Crippen LogP contribution in [0.2, 0.25) is 0 Å². The highest BCUT2D eigenvalue weighted by Crippen LogP contribution is 2.43. The molecule has 1 fully saturated rings. The lowest BCUT2D eigenvalue weighted by Gasteiger charge is -2.33. The molecule has 1 aromatic carbocycles. The number of benzene rings is 1. The van der Waals surface area contributed by atoms with Crippen molar-refractivity contribution in [3.05, 3.63) is 48.2 Å². The van der Waals surface area contributed by atoms with Gasteiger partial charge >= 0.3 is 11.9 Å². The quantitative estimate of drug-likeness (QED) is 0.486. The fourth-order valence-corrected chi connectivity index (χ4v) is 3.34. The van der Waals surface area contributed by atoms with Crippen LogP contribution in [0.15, 0.2) is 53.1 Å². The summed E-state index contributed by atoms with van der Waals surface area (Å²) in [6, 6.07) is 9.20. The van der Waals surface area contributed by atoms with E-state index in [9.17, 15) is 9.59 Å². The molecule has 110 valence electrons. The second-order valence-electron chi connectivity index (χ2n) is 4.36. The first kappa shape index (κ1) is 15.4. The summed E-state index contributed by atoms with van der Waals surface area (Å²) in [5.41, 5.74) is 3.23. The van der Waals surface area contributed by atoms with E-state index in [-0.39, 0.29) is 13.2 Å². The minimum atomic E-state index is -1.54. The van der Waals surface area contributed by atoms with Gasteiger partial charge in [-0.2, -0.15) is 0 Å². The van der Waals surface area contributed by atoms with E-state index in [1.165, 1.54) is 0 Å². The van der Waals surface area contributed by atoms with Gasteiger partial charge in [-0.05, 0) is 19.1 Å². The van der Waals surface area contributed by atoms with Gasteiger partial charge in [-0.1, -0.05) is 36.5 Å². The Morgan fingerprint density at radius 3 is 2.81 bits per heavy atom. The van der Waals surface area contributed by atoms with E-state index in [1.807, 2.05) is 30.3 Å². The fourth-order valence-electron chi connectivity index (χ4n) is 2.11. The van der Waals surface area contributed by atoms with Gasteiger partial charge in [-0.15, -0.1) is 5.73 Å². The van der Waals surface area contributed by atoms with Crippen LogP contribution in [0.3, 0.4) is 0 Å². The maximum absolute atomic E-state index is 12.5. The SMILES string of the molecule is C=C=C1CCOC(=O)C1(Sc1ccccc1)C(=O)OCC. The summed E-state index contributed by atoms with van der Waals surface area (Å²) >= 11 is 1.11. The molecule has 0 bridgehead atoms. The van der Waals surface area contributed by atoms with Crippen molar-refractivity contribution in [2.45, 2.75) is 23.0 Å². The topological polar surface area (TPSA) is 52.6 Å². The smallest absolute Gasteiger partial charge is 0.339 e. The molecule has 0 saturated carbocycles. The van der Waals surface area contributed by atoms with Crippen LogP contribution in [0, 0.1) is 0 Å². The van der Waals surface area contributed by atoms with Gasteiger partial charge < -0.3 is 9.47 Å². The Morgan fingerprint density at radius 1 is 1.48 bits per heavy atom. The first-order valence-corrected chi connectivity index (χ1v) is 7.44. The van der Waals surface area contributed by atoms with E-state index in [4.69, 9.17) is 9.47 Å². The van der Waals surface area contributed by atoms with E-state index in [0.717, 1.165) is 16.7 Å². The molecule has 4 nitrogen and oxygen atoms in total. The monoisotopic (exact) mass is 304 g/mol. The number of ether oxygens (including phenoxy) is 2. The third-order valence-corrected chi connectivity index (χ3v) is 4.48. The number of carbonyl (C=O) groups excluding carboxylic acids is 2. The highest BCUT2D eigenvalue weighted by Gasteiger charge is 2.55. The summed E-state index contributed by atoms with van der Waals surface area (Å²) in [6.07, 6.45) is 0.424. The fraction of sp³-hybridized carbons (Fsp3) is 0.312. The molecule has 21 heavy (non-hydrogen) atoms. The molecule has 0 aromatic heterocycles. The van der Waals surface area contributed by atoms with Crippen molar-refractivity contribution < 1.29 is 19.1 Å². The Bertz CT molecular complexity index is 590. The molecule has 1 aliphatic heterocycles. The van der Waals surface area contributed by atoms with Crippen LogP contribution >= 0.6 is 11.8 Å². The van der Waals surface area contributed by atoms with Crippen molar-refractivity contribution in [1.82, 2.24) is 0 Å². The number of hydrogen-bond donors (Lipinski definition) is 0. The molecular formula is C16H16O4S. The maximum atomic E-state index is 12.5. The van der Waals surface area contributed by atoms with Crippen LogP contribution < -0.4 is 0 Å². The summed E-state index contributed by atoms with van der Waals surface area (Å²) in [7, 11) is 0. The van der Waals surface area contributed by atoms with Gasteiger partial charge in [-0.25, -0.2) is 9.59 Å². The Balaban J connectivity index is 2.49. The summed E-state index contributed by atoms with van der Waals surface area (Å²) in [5, 5.41) is 0. The van der Waals surface area contributed by atoms with Crippen molar-refractivity contribution in [2.24, 2.45) is 0 Å². The average Bonchev–Trinajstić information content (AvgIpc) is 2.50. The average molecular weight is 304 g/mol. The lowest BCUT2D eigenvalue weighted by Crippen LogP contribution is -2.50. The van der Waals surface area contributed by atoms with Crippen LogP contribution in [0.5, 0.6) is 0 Å². The zero-order valence-corrected chi connectivity index (χ0v) is 12.6. The number of rotatable bonds is 4. The molecule has 1 unspecified atom stereocenters. The highest BCUT2D eigenvalue weighted by molar-refractivity contribution is 8.02. The van der Waals surface area contributed by atoms with Crippen LogP contribution in [0.1, 0.15) is 13.3 Å². The minimum Gasteiger partial charge on any atom is -0.464 e. The second-order valence-corrected chi connectivity index (χ2v) is 5.65. The second kappa shape index (κ2) is 6.66. The van der Waals surface area contributed by atoms with E-state index < -0.39 is 16.7 Å². The predicted octanol–water partition coefficient (Wildman–Crippen LogP) is 2.74. The summed E-state index contributed by atoms with van der Waals surface area (Å²) in [6.45, 7) is 5.72. The van der Waals surface area contributed by atoms with E-state index >= 15 is 0 Å². The van der Waals surface area contributed by atoms with Crippen LogP contribution in [-0.4, -0.2) is 29.9 Å². The van der Waals surface area contributed by atoms with Gasteiger partial charge in [0, 0.05) is 16.9 Å². The van der Waals surface area contributed by atoms with Gasteiger partial charge in [0.05, 0.1) is 13.2 Å². The standard InChI is InChI=1S/C16H16O4S/c1-3-12-10-11-20-15(18)16(12,14(17)19-4-2)21-13-8-6-5-7-9-13/h5-9H,1,4,10-11H2,2H3. The third kappa shape index (κ3) is 2.89. The Labute approximate surface area is 127 Å². The molecule has 0 radical (unpaired) electrons. The lowest BCUT2D eigenvalue weighted by atomic mass is 9.94. The zero-order valence-electron chi connectivity index (χ0n) is 11.8. The molecule has 0 spiro atoms. The van der Waals surface area contributed by atoms with Crippen LogP contribution in [0.25, 0.3) is 0 Å². The molecule has 0 amide bonds. The summed E-state index contributed by atoms with van der Waals surface area (Å²) in [4.78, 5) is 25.6. The molecule has 1 atom stereocenters. The molecule has 1 saturated heterocycles. The molecule has 1 heterocycles. The van der Waals surface area contributed by atoms with Crippen molar-refractivity contribution in [3.8, 4) is 0 Å². The van der Waals surface area contributed by atoms with Crippen LogP contribution in [-0.2, 0) is 19.1 Å².